The molecule has 5 nitrogen and oxygen atoms in total. The number of carbonyl (C=O) groups is 1. The van der Waals surface area contributed by atoms with E-state index in [0.717, 1.165) is 23.9 Å². The van der Waals surface area contributed by atoms with Gasteiger partial charge in [0.05, 0.1) is 16.6 Å². The van der Waals surface area contributed by atoms with Gasteiger partial charge < -0.3 is 9.84 Å². The largest absolute Gasteiger partial charge is 0.349 e. The first-order valence-electron chi connectivity index (χ1n) is 8.64. The molecule has 0 aromatic carbocycles. The maximum Gasteiger partial charge on any atom is 0.259 e. The van der Waals surface area contributed by atoms with Crippen molar-refractivity contribution < 1.29 is 9.32 Å². The summed E-state index contributed by atoms with van der Waals surface area (Å²) in [5.41, 5.74) is 2.68. The van der Waals surface area contributed by atoms with Gasteiger partial charge >= 0.3 is 0 Å². The fourth-order valence-corrected chi connectivity index (χ4v) is 3.28. The molecule has 0 aliphatic heterocycles. The normalized spacial score (nSPS) is 16.7. The molecule has 0 radical (unpaired) electrons. The summed E-state index contributed by atoms with van der Waals surface area (Å²) in [6.07, 6.45) is 7.07. The van der Waals surface area contributed by atoms with Crippen LogP contribution < -0.4 is 5.32 Å². The molecule has 3 rings (SSSR count). The van der Waals surface area contributed by atoms with Gasteiger partial charge in [0.15, 0.2) is 0 Å². The van der Waals surface area contributed by atoms with Crippen LogP contribution in [0.3, 0.4) is 0 Å². The molecule has 1 amide bonds. The van der Waals surface area contributed by atoms with Crippen molar-refractivity contribution in [3.63, 3.8) is 0 Å². The summed E-state index contributed by atoms with van der Waals surface area (Å²) >= 11 is 0. The minimum absolute atomic E-state index is 0.0301. The first-order chi connectivity index (χ1) is 11.1. The molecule has 0 bridgehead atoms. The van der Waals surface area contributed by atoms with E-state index in [0.29, 0.717) is 17.0 Å². The Labute approximate surface area is 136 Å². The van der Waals surface area contributed by atoms with Gasteiger partial charge in [0, 0.05) is 11.7 Å². The van der Waals surface area contributed by atoms with Crippen molar-refractivity contribution in [2.24, 2.45) is 0 Å². The van der Waals surface area contributed by atoms with Gasteiger partial charge in [-0.2, -0.15) is 0 Å². The molecule has 1 aliphatic rings. The molecule has 0 atom stereocenters. The Bertz CT molecular complexity index is 698. The highest BCUT2D eigenvalue weighted by molar-refractivity contribution is 6.06. The number of amides is 1. The first kappa shape index (κ1) is 16.0. The smallest absolute Gasteiger partial charge is 0.259 e. The topological polar surface area (TPSA) is 68.0 Å². The molecule has 124 valence electrons. The van der Waals surface area contributed by atoms with Gasteiger partial charge in [-0.25, -0.2) is 4.98 Å². The number of aromatic nitrogens is 2. The van der Waals surface area contributed by atoms with Crippen molar-refractivity contribution in [1.29, 1.82) is 0 Å². The molecule has 0 unspecified atom stereocenters. The zero-order valence-corrected chi connectivity index (χ0v) is 14.2. The molecule has 1 saturated carbocycles. The van der Waals surface area contributed by atoms with Crippen LogP contribution in [0.1, 0.15) is 80.0 Å². The molecule has 2 aromatic heterocycles. The minimum Gasteiger partial charge on any atom is -0.349 e. The highest BCUT2D eigenvalue weighted by Gasteiger charge is 2.22. The first-order valence-corrected chi connectivity index (χ1v) is 8.64. The minimum atomic E-state index is -0.0301. The van der Waals surface area contributed by atoms with Crippen LogP contribution in [0.15, 0.2) is 10.6 Å². The van der Waals surface area contributed by atoms with Crippen LogP contribution in [0.25, 0.3) is 11.1 Å². The van der Waals surface area contributed by atoms with Crippen molar-refractivity contribution in [2.75, 3.05) is 0 Å². The Morgan fingerprint density at radius 2 is 1.96 bits per heavy atom. The van der Waals surface area contributed by atoms with Crippen molar-refractivity contribution in [3.05, 3.63) is 23.0 Å². The van der Waals surface area contributed by atoms with Gasteiger partial charge in [-0.15, -0.1) is 0 Å². The SMILES string of the molecule is Cc1noc2nc(C(C)C)cc(C(=O)NC3CCCCCC3)c12. The summed E-state index contributed by atoms with van der Waals surface area (Å²) in [5.74, 6) is 0.201. The second-order valence-corrected chi connectivity index (χ2v) is 6.86. The lowest BCUT2D eigenvalue weighted by Crippen LogP contribution is -2.34. The Balaban J connectivity index is 1.93. The van der Waals surface area contributed by atoms with E-state index in [1.165, 1.54) is 25.7 Å². The lowest BCUT2D eigenvalue weighted by atomic mass is 10.0. The van der Waals surface area contributed by atoms with Crippen molar-refractivity contribution in [2.45, 2.75) is 71.3 Å². The highest BCUT2D eigenvalue weighted by Crippen LogP contribution is 2.26. The molecular weight excluding hydrogens is 290 g/mol. The molecular formula is C18H25N3O2. The zero-order valence-electron chi connectivity index (χ0n) is 14.2. The maximum absolute atomic E-state index is 12.9. The van der Waals surface area contributed by atoms with Gasteiger partial charge in [0.1, 0.15) is 0 Å². The number of hydrogen-bond donors (Lipinski definition) is 1. The fraction of sp³-hybridized carbons (Fsp3) is 0.611. The van der Waals surface area contributed by atoms with E-state index in [2.05, 4.69) is 29.3 Å². The van der Waals surface area contributed by atoms with Crippen LogP contribution in [0.4, 0.5) is 0 Å². The molecule has 2 aromatic rings. The summed E-state index contributed by atoms with van der Waals surface area (Å²) in [4.78, 5) is 17.3. The molecule has 0 saturated heterocycles. The second-order valence-electron chi connectivity index (χ2n) is 6.86. The lowest BCUT2D eigenvalue weighted by molar-refractivity contribution is 0.0935. The number of fused-ring (bicyclic) bond motifs is 1. The zero-order chi connectivity index (χ0) is 16.4. The van der Waals surface area contributed by atoms with Gasteiger partial charge in [0.25, 0.3) is 11.6 Å². The number of aryl methyl sites for hydroxylation is 1. The third-order valence-corrected chi connectivity index (χ3v) is 4.66. The van der Waals surface area contributed by atoms with Gasteiger partial charge in [-0.05, 0) is 31.7 Å². The average molecular weight is 315 g/mol. The quantitative estimate of drug-likeness (QED) is 0.866. The van der Waals surface area contributed by atoms with E-state index < -0.39 is 0 Å². The molecule has 1 fully saturated rings. The average Bonchev–Trinajstić information content (AvgIpc) is 2.73. The number of carbonyl (C=O) groups excluding carboxylic acids is 1. The Morgan fingerprint density at radius 1 is 1.26 bits per heavy atom. The van der Waals surface area contributed by atoms with Crippen LogP contribution in [0.2, 0.25) is 0 Å². The molecule has 2 heterocycles. The third-order valence-electron chi connectivity index (χ3n) is 4.66. The van der Waals surface area contributed by atoms with Crippen LogP contribution in [-0.2, 0) is 0 Å². The van der Waals surface area contributed by atoms with E-state index in [1.54, 1.807) is 0 Å². The molecule has 0 spiro atoms. The predicted molar refractivity (Wildman–Crippen MR) is 89.6 cm³/mol. The maximum atomic E-state index is 12.9. The monoisotopic (exact) mass is 315 g/mol. The Morgan fingerprint density at radius 3 is 2.61 bits per heavy atom. The standard InChI is InChI=1S/C18H25N3O2/c1-11(2)15-10-14(16-12(3)21-23-18(16)20-15)17(22)19-13-8-6-4-5-7-9-13/h10-11,13H,4-9H2,1-3H3,(H,19,22). The molecule has 1 aliphatic carbocycles. The van der Waals surface area contributed by atoms with Crippen molar-refractivity contribution >= 4 is 17.0 Å². The number of rotatable bonds is 3. The van der Waals surface area contributed by atoms with E-state index >= 15 is 0 Å². The molecule has 23 heavy (non-hydrogen) atoms. The number of nitrogens with zero attached hydrogens (tertiary/aromatic N) is 2. The van der Waals surface area contributed by atoms with Gasteiger partial charge in [-0.3, -0.25) is 4.79 Å². The van der Waals surface area contributed by atoms with Crippen LogP contribution >= 0.6 is 0 Å². The van der Waals surface area contributed by atoms with E-state index in [1.807, 2.05) is 13.0 Å². The second kappa shape index (κ2) is 6.69. The van der Waals surface area contributed by atoms with Crippen molar-refractivity contribution in [3.8, 4) is 0 Å². The van der Waals surface area contributed by atoms with E-state index in [4.69, 9.17) is 4.52 Å². The fourth-order valence-electron chi connectivity index (χ4n) is 3.28. The van der Waals surface area contributed by atoms with E-state index in [9.17, 15) is 4.79 Å². The summed E-state index contributed by atoms with van der Waals surface area (Å²) in [5, 5.41) is 7.93. The number of pyridine rings is 1. The summed E-state index contributed by atoms with van der Waals surface area (Å²) in [7, 11) is 0. The van der Waals surface area contributed by atoms with Crippen molar-refractivity contribution in [1.82, 2.24) is 15.5 Å². The molecule has 1 N–H and O–H groups in total. The van der Waals surface area contributed by atoms with Gasteiger partial charge in [-0.1, -0.05) is 44.7 Å². The van der Waals surface area contributed by atoms with E-state index in [-0.39, 0.29) is 17.9 Å². The lowest BCUT2D eigenvalue weighted by Gasteiger charge is -2.17. The number of nitrogens with one attached hydrogen (secondary N) is 1. The third kappa shape index (κ3) is 3.38. The Kier molecular flexibility index (Phi) is 4.64. The number of hydrogen-bond acceptors (Lipinski definition) is 4. The summed E-state index contributed by atoms with van der Waals surface area (Å²) < 4.78 is 5.30. The predicted octanol–water partition coefficient (Wildman–Crippen LogP) is 4.11. The van der Waals surface area contributed by atoms with Crippen LogP contribution in [0, 0.1) is 6.92 Å². The van der Waals surface area contributed by atoms with Crippen LogP contribution in [0.5, 0.6) is 0 Å². The van der Waals surface area contributed by atoms with Gasteiger partial charge in [0.2, 0.25) is 0 Å². The van der Waals surface area contributed by atoms with Crippen LogP contribution in [-0.4, -0.2) is 22.1 Å². The molecule has 5 heteroatoms. The highest BCUT2D eigenvalue weighted by atomic mass is 16.5. The summed E-state index contributed by atoms with van der Waals surface area (Å²) in [6, 6.07) is 2.17. The Hall–Kier alpha value is -1.91. The summed E-state index contributed by atoms with van der Waals surface area (Å²) in [6.45, 7) is 5.97.